The number of furan rings is 1. The van der Waals surface area contributed by atoms with Crippen molar-refractivity contribution in [2.75, 3.05) is 0 Å². The Bertz CT molecular complexity index is 968. The Morgan fingerprint density at radius 2 is 1.83 bits per heavy atom. The molecule has 5 rings (SSSR count). The second-order valence-electron chi connectivity index (χ2n) is 6.52. The van der Waals surface area contributed by atoms with Gasteiger partial charge in [0.15, 0.2) is 12.2 Å². The SMILES string of the molecule is CC1(C)Oc2cc3c(cc2[C@@H]2OC(=O)O[C@@H]21)oc1ccccc13. The molecule has 1 aromatic heterocycles. The molecule has 0 aliphatic carbocycles. The van der Waals surface area contributed by atoms with Crippen molar-refractivity contribution in [2.24, 2.45) is 0 Å². The standard InChI is InChI=1S/C18H14O5/c1-18(2)16-15(21-17(19)22-16)11-8-13-10(7-14(11)23-18)9-5-3-4-6-12(9)20-13/h3-8,15-16H,1-2H3/t15-,16-/m0/s1. The van der Waals surface area contributed by atoms with Gasteiger partial charge in [-0.2, -0.15) is 0 Å². The average Bonchev–Trinajstić information content (AvgIpc) is 3.06. The minimum absolute atomic E-state index is 0.468. The van der Waals surface area contributed by atoms with Crippen LogP contribution < -0.4 is 4.74 Å². The monoisotopic (exact) mass is 310 g/mol. The molecule has 2 aliphatic heterocycles. The van der Waals surface area contributed by atoms with Crippen LogP contribution in [0.5, 0.6) is 5.75 Å². The fourth-order valence-corrected chi connectivity index (χ4v) is 3.51. The van der Waals surface area contributed by atoms with Crippen molar-refractivity contribution < 1.29 is 23.4 Å². The molecule has 1 fully saturated rings. The Kier molecular flexibility index (Phi) is 2.22. The van der Waals surface area contributed by atoms with Crippen LogP contribution in [0.25, 0.3) is 21.9 Å². The van der Waals surface area contributed by atoms with Crippen LogP contribution >= 0.6 is 0 Å². The maximum absolute atomic E-state index is 11.6. The lowest BCUT2D eigenvalue weighted by Gasteiger charge is -2.38. The highest BCUT2D eigenvalue weighted by molar-refractivity contribution is 6.05. The molecule has 5 nitrogen and oxygen atoms in total. The summed E-state index contributed by atoms with van der Waals surface area (Å²) in [4.78, 5) is 11.6. The Hall–Kier alpha value is -2.69. The van der Waals surface area contributed by atoms with Gasteiger partial charge < -0.3 is 18.6 Å². The Labute approximate surface area is 131 Å². The highest BCUT2D eigenvalue weighted by Crippen LogP contribution is 2.48. The molecule has 1 saturated heterocycles. The quantitative estimate of drug-likeness (QED) is 0.578. The highest BCUT2D eigenvalue weighted by Gasteiger charge is 2.53. The lowest BCUT2D eigenvalue weighted by Crippen LogP contribution is -2.47. The zero-order valence-electron chi connectivity index (χ0n) is 12.7. The van der Waals surface area contributed by atoms with Crippen molar-refractivity contribution in [1.82, 2.24) is 0 Å². The van der Waals surface area contributed by atoms with E-state index in [2.05, 4.69) is 0 Å². The highest BCUT2D eigenvalue weighted by atomic mass is 16.8. The molecule has 3 aromatic rings. The predicted octanol–water partition coefficient (Wildman–Crippen LogP) is 4.33. The summed E-state index contributed by atoms with van der Waals surface area (Å²) < 4.78 is 22.7. The van der Waals surface area contributed by atoms with Gasteiger partial charge in [-0.15, -0.1) is 0 Å². The van der Waals surface area contributed by atoms with Crippen molar-refractivity contribution in [2.45, 2.75) is 31.7 Å². The van der Waals surface area contributed by atoms with Crippen molar-refractivity contribution in [1.29, 1.82) is 0 Å². The van der Waals surface area contributed by atoms with Gasteiger partial charge in [-0.3, -0.25) is 0 Å². The summed E-state index contributed by atoms with van der Waals surface area (Å²) in [5.41, 5.74) is 1.69. The van der Waals surface area contributed by atoms with E-state index in [0.717, 1.165) is 27.5 Å². The Morgan fingerprint density at radius 1 is 1.00 bits per heavy atom. The topological polar surface area (TPSA) is 57.9 Å². The zero-order valence-corrected chi connectivity index (χ0v) is 12.7. The summed E-state index contributed by atoms with van der Waals surface area (Å²) >= 11 is 0. The molecule has 5 heteroatoms. The molecule has 0 N–H and O–H groups in total. The largest absolute Gasteiger partial charge is 0.509 e. The second kappa shape index (κ2) is 3.98. The molecular weight excluding hydrogens is 296 g/mol. The first-order chi connectivity index (χ1) is 11.0. The third-order valence-corrected chi connectivity index (χ3v) is 4.60. The molecule has 3 heterocycles. The number of carbonyl (C=O) groups is 1. The van der Waals surface area contributed by atoms with E-state index in [1.807, 2.05) is 50.2 Å². The third-order valence-electron chi connectivity index (χ3n) is 4.60. The van der Waals surface area contributed by atoms with Gasteiger partial charge in [0.2, 0.25) is 0 Å². The minimum atomic E-state index is -0.658. The number of hydrogen-bond donors (Lipinski definition) is 0. The van der Waals surface area contributed by atoms with E-state index in [1.165, 1.54) is 0 Å². The van der Waals surface area contributed by atoms with Gasteiger partial charge >= 0.3 is 6.16 Å². The maximum atomic E-state index is 11.6. The van der Waals surface area contributed by atoms with Crippen molar-refractivity contribution in [3.05, 3.63) is 42.0 Å². The summed E-state index contributed by atoms with van der Waals surface area (Å²) in [5, 5.41) is 2.02. The fraction of sp³-hybridized carbons (Fsp3) is 0.278. The van der Waals surface area contributed by atoms with Gasteiger partial charge in [-0.25, -0.2) is 4.79 Å². The number of para-hydroxylation sites is 1. The van der Waals surface area contributed by atoms with E-state index in [-0.39, 0.29) is 0 Å². The average molecular weight is 310 g/mol. The zero-order chi connectivity index (χ0) is 15.8. The molecular formula is C18H14O5. The molecule has 0 saturated carbocycles. The summed E-state index contributed by atoms with van der Waals surface area (Å²) in [6.45, 7) is 3.79. The molecule has 2 atom stereocenters. The van der Waals surface area contributed by atoms with Crippen LogP contribution in [0.4, 0.5) is 4.79 Å². The van der Waals surface area contributed by atoms with Crippen LogP contribution in [0.1, 0.15) is 25.5 Å². The molecule has 2 aliphatic rings. The van der Waals surface area contributed by atoms with Gasteiger partial charge in [-0.1, -0.05) is 18.2 Å². The van der Waals surface area contributed by atoms with Crippen molar-refractivity contribution in [3.8, 4) is 5.75 Å². The Balaban J connectivity index is 1.79. The minimum Gasteiger partial charge on any atom is -0.483 e. The number of ether oxygens (including phenoxy) is 3. The number of carbonyl (C=O) groups excluding carboxylic acids is 1. The molecule has 0 radical (unpaired) electrons. The van der Waals surface area contributed by atoms with Crippen LogP contribution in [0, 0.1) is 0 Å². The summed E-state index contributed by atoms with van der Waals surface area (Å²) in [5.74, 6) is 0.702. The van der Waals surface area contributed by atoms with Crippen molar-refractivity contribution >= 4 is 28.1 Å². The molecule has 116 valence electrons. The second-order valence-corrected chi connectivity index (χ2v) is 6.52. The molecule has 0 bridgehead atoms. The number of benzene rings is 2. The first-order valence-electron chi connectivity index (χ1n) is 7.54. The Morgan fingerprint density at radius 3 is 2.70 bits per heavy atom. The van der Waals surface area contributed by atoms with E-state index in [9.17, 15) is 4.79 Å². The summed E-state index contributed by atoms with van der Waals surface area (Å²) in [6.07, 6.45) is -1.60. The van der Waals surface area contributed by atoms with Crippen LogP contribution in [0.15, 0.2) is 40.8 Å². The van der Waals surface area contributed by atoms with Gasteiger partial charge in [-0.05, 0) is 32.0 Å². The smallest absolute Gasteiger partial charge is 0.483 e. The summed E-state index contributed by atoms with van der Waals surface area (Å²) in [6, 6.07) is 11.7. The van der Waals surface area contributed by atoms with Crippen molar-refractivity contribution in [3.63, 3.8) is 0 Å². The number of rotatable bonds is 0. The fourth-order valence-electron chi connectivity index (χ4n) is 3.51. The molecule has 23 heavy (non-hydrogen) atoms. The van der Waals surface area contributed by atoms with Gasteiger partial charge in [0.1, 0.15) is 22.5 Å². The van der Waals surface area contributed by atoms with Gasteiger partial charge in [0.25, 0.3) is 0 Å². The van der Waals surface area contributed by atoms with E-state index >= 15 is 0 Å². The van der Waals surface area contributed by atoms with Crippen LogP contribution in [-0.4, -0.2) is 17.9 Å². The van der Waals surface area contributed by atoms with Gasteiger partial charge in [0.05, 0.1) is 0 Å². The summed E-state index contributed by atoms with van der Waals surface area (Å²) in [7, 11) is 0. The lowest BCUT2D eigenvalue weighted by atomic mass is 9.88. The first-order valence-corrected chi connectivity index (χ1v) is 7.54. The van der Waals surface area contributed by atoms with Crippen LogP contribution in [0.3, 0.4) is 0 Å². The van der Waals surface area contributed by atoms with E-state index in [1.54, 1.807) is 0 Å². The van der Waals surface area contributed by atoms with Crippen LogP contribution in [-0.2, 0) is 9.47 Å². The third kappa shape index (κ3) is 1.64. The normalized spacial score (nSPS) is 24.7. The van der Waals surface area contributed by atoms with Gasteiger partial charge in [0, 0.05) is 16.3 Å². The molecule has 2 aromatic carbocycles. The van der Waals surface area contributed by atoms with E-state index < -0.39 is 24.0 Å². The van der Waals surface area contributed by atoms with E-state index in [0.29, 0.717) is 5.75 Å². The first kappa shape index (κ1) is 12.8. The lowest BCUT2D eigenvalue weighted by molar-refractivity contribution is -0.0502. The predicted molar refractivity (Wildman–Crippen MR) is 82.5 cm³/mol. The van der Waals surface area contributed by atoms with Crippen LogP contribution in [0.2, 0.25) is 0 Å². The molecule has 0 spiro atoms. The maximum Gasteiger partial charge on any atom is 0.509 e. The number of fused-ring (bicyclic) bond motifs is 6. The molecule has 0 amide bonds. The molecule has 0 unspecified atom stereocenters. The number of hydrogen-bond acceptors (Lipinski definition) is 5. The van der Waals surface area contributed by atoms with E-state index in [4.69, 9.17) is 18.6 Å².